The molecule has 0 saturated carbocycles. The van der Waals surface area contributed by atoms with E-state index in [4.69, 9.17) is 14.6 Å². The Labute approximate surface area is 244 Å². The van der Waals surface area contributed by atoms with Crippen LogP contribution in [0.2, 0.25) is 0 Å². The zero-order valence-electron chi connectivity index (χ0n) is 23.8. The van der Waals surface area contributed by atoms with Crippen LogP contribution in [0.1, 0.15) is 58.3 Å². The van der Waals surface area contributed by atoms with Crippen LogP contribution in [0, 0.1) is 13.8 Å². The Kier molecular flexibility index (Phi) is 10.2. The van der Waals surface area contributed by atoms with E-state index in [1.165, 1.54) is 10.8 Å². The first-order valence-corrected chi connectivity index (χ1v) is 13.9. The van der Waals surface area contributed by atoms with Gasteiger partial charge in [-0.25, -0.2) is 0 Å². The van der Waals surface area contributed by atoms with Gasteiger partial charge in [0, 0.05) is 23.6 Å². The molecule has 42 heavy (non-hydrogen) atoms. The van der Waals surface area contributed by atoms with Crippen molar-refractivity contribution < 1.29 is 34.1 Å². The van der Waals surface area contributed by atoms with Crippen LogP contribution in [-0.4, -0.2) is 45.7 Å². The van der Waals surface area contributed by atoms with Crippen LogP contribution in [0.15, 0.2) is 66.9 Å². The van der Waals surface area contributed by atoms with E-state index in [-0.39, 0.29) is 25.2 Å². The molecule has 4 rings (SSSR count). The third-order valence-corrected chi connectivity index (χ3v) is 6.90. The molecule has 0 bridgehead atoms. The van der Waals surface area contributed by atoms with Crippen molar-refractivity contribution in [1.29, 1.82) is 0 Å². The van der Waals surface area contributed by atoms with Gasteiger partial charge in [-0.2, -0.15) is 0 Å². The van der Waals surface area contributed by atoms with Crippen molar-refractivity contribution in [3.63, 3.8) is 0 Å². The maximum absolute atomic E-state index is 12.7. The molecule has 4 aromatic rings. The zero-order valence-corrected chi connectivity index (χ0v) is 23.8. The lowest BCUT2D eigenvalue weighted by Crippen LogP contribution is -2.08. The summed E-state index contributed by atoms with van der Waals surface area (Å²) in [6.45, 7) is 5.00. The lowest BCUT2D eigenvalue weighted by atomic mass is 10.0. The third-order valence-electron chi connectivity index (χ3n) is 6.90. The number of fused-ring (bicyclic) bond motifs is 1. The van der Waals surface area contributed by atoms with Gasteiger partial charge in [-0.05, 0) is 61.1 Å². The Bertz CT molecular complexity index is 1580. The number of nitrogens with zero attached hydrogens (tertiary/aromatic N) is 1. The Hall–Kier alpha value is -4.85. The summed E-state index contributed by atoms with van der Waals surface area (Å²) in [7, 11) is 0. The molecule has 0 amide bonds. The smallest absolute Gasteiger partial charge is 0.323 e. The maximum Gasteiger partial charge on any atom is 0.323 e. The van der Waals surface area contributed by atoms with E-state index in [2.05, 4.69) is 0 Å². The van der Waals surface area contributed by atoms with Gasteiger partial charge in [-0.1, -0.05) is 60.7 Å². The maximum atomic E-state index is 12.7. The van der Waals surface area contributed by atoms with Crippen molar-refractivity contribution >= 4 is 40.8 Å². The number of rotatable bonds is 15. The molecule has 8 heteroatoms. The summed E-state index contributed by atoms with van der Waals surface area (Å²) < 4.78 is 13.4. The van der Waals surface area contributed by atoms with Gasteiger partial charge in [-0.15, -0.1) is 0 Å². The molecule has 1 aromatic heterocycles. The Morgan fingerprint density at radius 2 is 1.45 bits per heavy atom. The molecule has 1 heterocycles. The van der Waals surface area contributed by atoms with Crippen molar-refractivity contribution in [1.82, 2.24) is 4.57 Å². The first-order valence-electron chi connectivity index (χ1n) is 13.9. The van der Waals surface area contributed by atoms with Crippen molar-refractivity contribution in [3.8, 4) is 11.5 Å². The fourth-order valence-electron chi connectivity index (χ4n) is 4.83. The summed E-state index contributed by atoms with van der Waals surface area (Å²) in [5, 5.41) is 19.0. The lowest BCUT2D eigenvalue weighted by Gasteiger charge is -2.12. The molecule has 3 aromatic carbocycles. The lowest BCUT2D eigenvalue weighted by molar-refractivity contribution is -0.138. The number of aryl methyl sites for hydroxylation is 2. The fourth-order valence-corrected chi connectivity index (χ4v) is 4.83. The molecule has 0 spiro atoms. The van der Waals surface area contributed by atoms with E-state index in [1.54, 1.807) is 12.1 Å². The fraction of sp³-hybridized carbons (Fsp3) is 0.265. The van der Waals surface area contributed by atoms with Gasteiger partial charge < -0.3 is 24.3 Å². The summed E-state index contributed by atoms with van der Waals surface area (Å²) in [6, 6.07) is 19.2. The van der Waals surface area contributed by atoms with E-state index in [1.807, 2.05) is 74.5 Å². The molecule has 0 fully saturated rings. The average Bonchev–Trinajstić information content (AvgIpc) is 3.32. The Morgan fingerprint density at radius 1 is 0.786 bits per heavy atom. The average molecular weight is 570 g/mol. The first-order chi connectivity index (χ1) is 20.2. The summed E-state index contributed by atoms with van der Waals surface area (Å²) in [4.78, 5) is 35.2. The number of carbonyl (C=O) groups is 3. The molecule has 218 valence electrons. The van der Waals surface area contributed by atoms with Gasteiger partial charge in [0.1, 0.15) is 18.0 Å². The van der Waals surface area contributed by atoms with Gasteiger partial charge in [-0.3, -0.25) is 14.4 Å². The van der Waals surface area contributed by atoms with Gasteiger partial charge in [0.25, 0.3) is 0 Å². The number of ketones is 1. The second-order valence-corrected chi connectivity index (χ2v) is 10.2. The highest BCUT2D eigenvalue weighted by Gasteiger charge is 2.18. The van der Waals surface area contributed by atoms with Gasteiger partial charge in [0.15, 0.2) is 5.78 Å². The summed E-state index contributed by atoms with van der Waals surface area (Å²) >= 11 is 0. The van der Waals surface area contributed by atoms with E-state index in [0.29, 0.717) is 29.7 Å². The summed E-state index contributed by atoms with van der Waals surface area (Å²) in [5.41, 5.74) is 4.88. The number of para-hydroxylation sites is 2. The zero-order chi connectivity index (χ0) is 30.1. The summed E-state index contributed by atoms with van der Waals surface area (Å²) in [6.07, 6.45) is 6.60. The number of carboxylic acid groups (broad SMARTS) is 2. The predicted octanol–water partition coefficient (Wildman–Crippen LogP) is 6.80. The van der Waals surface area contributed by atoms with E-state index in [0.717, 1.165) is 46.6 Å². The highest BCUT2D eigenvalue weighted by atomic mass is 16.5. The van der Waals surface area contributed by atoms with Crippen molar-refractivity contribution in [2.45, 2.75) is 46.1 Å². The van der Waals surface area contributed by atoms with Crippen molar-refractivity contribution in [3.05, 3.63) is 94.7 Å². The molecular formula is C34H35NO7. The van der Waals surface area contributed by atoms with Crippen LogP contribution < -0.4 is 9.47 Å². The quantitative estimate of drug-likeness (QED) is 0.0919. The van der Waals surface area contributed by atoms with Crippen molar-refractivity contribution in [2.24, 2.45) is 0 Å². The number of unbranched alkanes of at least 4 members (excludes halogenated alkanes) is 1. The molecule has 0 saturated heterocycles. The molecule has 0 aliphatic heterocycles. The molecule has 0 radical (unpaired) electrons. The molecular weight excluding hydrogens is 534 g/mol. The van der Waals surface area contributed by atoms with Crippen LogP contribution in [0.4, 0.5) is 0 Å². The number of carbonyl (C=O) groups excluding carboxylic acids is 1. The van der Waals surface area contributed by atoms with Crippen LogP contribution in [-0.2, 0) is 16.1 Å². The number of carboxylic acids is 2. The SMILES string of the molecule is Cc1cccc(C)c1OCCCCOc1ccc(/C=C/c2cccc3c(C(=O)CCC(=O)O)cn(CC(=O)O)c23)cc1. The topological polar surface area (TPSA) is 115 Å². The van der Waals surface area contributed by atoms with Gasteiger partial charge in [0.2, 0.25) is 0 Å². The first kappa shape index (κ1) is 30.1. The number of ether oxygens (including phenoxy) is 2. The predicted molar refractivity (Wildman–Crippen MR) is 162 cm³/mol. The van der Waals surface area contributed by atoms with Gasteiger partial charge >= 0.3 is 11.9 Å². The number of aliphatic carboxylic acids is 2. The molecule has 0 unspecified atom stereocenters. The van der Waals surface area contributed by atoms with Crippen LogP contribution in [0.3, 0.4) is 0 Å². The van der Waals surface area contributed by atoms with E-state index < -0.39 is 11.9 Å². The molecule has 0 aliphatic carbocycles. The van der Waals surface area contributed by atoms with E-state index in [9.17, 15) is 19.5 Å². The van der Waals surface area contributed by atoms with Crippen LogP contribution >= 0.6 is 0 Å². The molecule has 0 aliphatic rings. The minimum absolute atomic E-state index is 0.156. The number of aromatic nitrogens is 1. The van der Waals surface area contributed by atoms with Crippen LogP contribution in [0.5, 0.6) is 11.5 Å². The van der Waals surface area contributed by atoms with Crippen molar-refractivity contribution in [2.75, 3.05) is 13.2 Å². The number of hydrogen-bond acceptors (Lipinski definition) is 5. The highest BCUT2D eigenvalue weighted by Crippen LogP contribution is 2.28. The monoisotopic (exact) mass is 569 g/mol. The summed E-state index contributed by atoms with van der Waals surface area (Å²) in [5.74, 6) is -0.712. The second-order valence-electron chi connectivity index (χ2n) is 10.2. The number of Topliss-reactive ketones (excluding diaryl/α,β-unsaturated/α-hetero) is 1. The number of benzene rings is 3. The Balaban J connectivity index is 1.37. The minimum atomic E-state index is -1.06. The number of hydrogen-bond donors (Lipinski definition) is 2. The molecule has 8 nitrogen and oxygen atoms in total. The minimum Gasteiger partial charge on any atom is -0.494 e. The normalized spacial score (nSPS) is 11.2. The second kappa shape index (κ2) is 14.2. The highest BCUT2D eigenvalue weighted by molar-refractivity contribution is 6.10. The standard InChI is InChI=1S/C34H35NO7/c1-23-7-5-8-24(2)34(23)42-20-4-3-19-41-27-15-12-25(13-16-27)11-14-26-9-6-10-28-29(30(36)17-18-31(37)38)21-35(33(26)28)22-32(39)40/h5-16,21H,3-4,17-20,22H2,1-2H3,(H,37,38)(H,39,40)/b14-11+. The third kappa shape index (κ3) is 7.87. The molecule has 2 N–H and O–H groups in total. The Morgan fingerprint density at radius 3 is 2.12 bits per heavy atom. The van der Waals surface area contributed by atoms with Crippen LogP contribution in [0.25, 0.3) is 23.1 Å². The van der Waals surface area contributed by atoms with Gasteiger partial charge in [0.05, 0.1) is 25.2 Å². The molecule has 0 atom stereocenters. The largest absolute Gasteiger partial charge is 0.494 e. The van der Waals surface area contributed by atoms with E-state index >= 15 is 0 Å².